The summed E-state index contributed by atoms with van der Waals surface area (Å²) in [5.74, 6) is 0.299. The van der Waals surface area contributed by atoms with Crippen LogP contribution in [-0.2, 0) is 4.79 Å². The third kappa shape index (κ3) is 3.70. The Hall–Kier alpha value is -2.48. The van der Waals surface area contributed by atoms with Gasteiger partial charge in [-0.05, 0) is 13.8 Å². The average molecular weight is 346 g/mol. The highest BCUT2D eigenvalue weighted by Crippen LogP contribution is 2.21. The second-order valence-electron chi connectivity index (χ2n) is 5.74. The first-order valence-corrected chi connectivity index (χ1v) is 8.43. The number of nitrogens with zero attached hydrogens (tertiary/aromatic N) is 3. The van der Waals surface area contributed by atoms with Gasteiger partial charge in [0, 0.05) is 30.1 Å². The number of aromatic nitrogens is 2. The van der Waals surface area contributed by atoms with Crippen molar-refractivity contribution in [2.24, 2.45) is 0 Å². The van der Waals surface area contributed by atoms with Gasteiger partial charge in [0.05, 0.1) is 18.8 Å². The lowest BCUT2D eigenvalue weighted by atomic mass is 10.1. The van der Waals surface area contributed by atoms with E-state index in [4.69, 9.17) is 4.74 Å². The molecule has 126 valence electrons. The molecule has 0 bridgehead atoms. The number of rotatable bonds is 4. The molecule has 0 atom stereocenters. The molecule has 1 saturated heterocycles. The number of thiazole rings is 1. The number of anilines is 1. The molecule has 2 aromatic rings. The van der Waals surface area contributed by atoms with Crippen LogP contribution in [0.4, 0.5) is 5.13 Å². The maximum atomic E-state index is 12.3. The summed E-state index contributed by atoms with van der Waals surface area (Å²) in [4.78, 5) is 33.7. The first-order chi connectivity index (χ1) is 11.4. The second kappa shape index (κ2) is 6.56. The molecule has 1 aliphatic rings. The van der Waals surface area contributed by atoms with Crippen molar-refractivity contribution in [1.29, 1.82) is 0 Å². The lowest BCUT2D eigenvalue weighted by Gasteiger charge is -2.38. The third-order valence-corrected chi connectivity index (χ3v) is 4.47. The first kappa shape index (κ1) is 16.4. The van der Waals surface area contributed by atoms with E-state index in [1.807, 2.05) is 12.3 Å². The van der Waals surface area contributed by atoms with E-state index in [1.165, 1.54) is 18.3 Å². The summed E-state index contributed by atoms with van der Waals surface area (Å²) in [7, 11) is 0. The van der Waals surface area contributed by atoms with Gasteiger partial charge in [0.2, 0.25) is 5.91 Å². The van der Waals surface area contributed by atoms with E-state index < -0.39 is 0 Å². The predicted molar refractivity (Wildman–Crippen MR) is 90.4 cm³/mol. The van der Waals surface area contributed by atoms with Crippen molar-refractivity contribution in [2.45, 2.75) is 26.9 Å². The van der Waals surface area contributed by atoms with Gasteiger partial charge in [-0.1, -0.05) is 0 Å². The zero-order valence-electron chi connectivity index (χ0n) is 13.7. The SMILES string of the molecule is CC(=O)N1CC(Oc2cc(C)nc(C(=O)Nc3nc(C)cs3)c2)C1. The fourth-order valence-electron chi connectivity index (χ4n) is 2.36. The lowest BCUT2D eigenvalue weighted by Crippen LogP contribution is -2.55. The van der Waals surface area contributed by atoms with Crippen molar-refractivity contribution in [3.63, 3.8) is 0 Å². The molecule has 1 aliphatic heterocycles. The van der Waals surface area contributed by atoms with Crippen molar-refractivity contribution in [1.82, 2.24) is 14.9 Å². The monoisotopic (exact) mass is 346 g/mol. The molecule has 2 aromatic heterocycles. The van der Waals surface area contributed by atoms with Crippen molar-refractivity contribution < 1.29 is 14.3 Å². The van der Waals surface area contributed by atoms with Gasteiger partial charge in [0.1, 0.15) is 17.5 Å². The number of ether oxygens (including phenoxy) is 1. The maximum absolute atomic E-state index is 12.3. The average Bonchev–Trinajstić information content (AvgIpc) is 2.86. The summed E-state index contributed by atoms with van der Waals surface area (Å²) in [6, 6.07) is 3.39. The molecule has 0 unspecified atom stereocenters. The summed E-state index contributed by atoms with van der Waals surface area (Å²) in [5, 5.41) is 5.14. The van der Waals surface area contributed by atoms with Crippen LogP contribution in [0.15, 0.2) is 17.5 Å². The van der Waals surface area contributed by atoms with Crippen molar-refractivity contribution in [3.8, 4) is 5.75 Å². The number of amides is 2. The minimum atomic E-state index is -0.322. The number of likely N-dealkylation sites (tertiary alicyclic amines) is 1. The van der Waals surface area contributed by atoms with Crippen LogP contribution in [0.5, 0.6) is 5.75 Å². The van der Waals surface area contributed by atoms with E-state index in [9.17, 15) is 9.59 Å². The van der Waals surface area contributed by atoms with Gasteiger partial charge in [-0.25, -0.2) is 9.97 Å². The smallest absolute Gasteiger partial charge is 0.276 e. The molecular formula is C16H18N4O3S. The topological polar surface area (TPSA) is 84.4 Å². The molecule has 1 fully saturated rings. The van der Waals surface area contributed by atoms with Crippen molar-refractivity contribution >= 4 is 28.3 Å². The van der Waals surface area contributed by atoms with Crippen LogP contribution in [-0.4, -0.2) is 45.9 Å². The molecule has 0 saturated carbocycles. The molecule has 7 nitrogen and oxygen atoms in total. The Labute approximate surface area is 143 Å². The van der Waals surface area contributed by atoms with E-state index in [2.05, 4.69) is 15.3 Å². The first-order valence-electron chi connectivity index (χ1n) is 7.55. The highest BCUT2D eigenvalue weighted by atomic mass is 32.1. The van der Waals surface area contributed by atoms with Gasteiger partial charge in [-0.15, -0.1) is 11.3 Å². The van der Waals surface area contributed by atoms with Gasteiger partial charge in [0.25, 0.3) is 5.91 Å². The Morgan fingerprint density at radius 1 is 1.25 bits per heavy atom. The predicted octanol–water partition coefficient (Wildman–Crippen LogP) is 2.02. The number of pyridine rings is 1. The molecule has 24 heavy (non-hydrogen) atoms. The third-order valence-electron chi connectivity index (χ3n) is 3.60. The summed E-state index contributed by atoms with van der Waals surface area (Å²) >= 11 is 1.37. The number of nitrogens with one attached hydrogen (secondary N) is 1. The Kier molecular flexibility index (Phi) is 4.48. The summed E-state index contributed by atoms with van der Waals surface area (Å²) in [6.45, 7) is 6.34. The largest absolute Gasteiger partial charge is 0.487 e. The van der Waals surface area contributed by atoms with Crippen LogP contribution in [0.3, 0.4) is 0 Å². The van der Waals surface area contributed by atoms with Gasteiger partial charge in [-0.2, -0.15) is 0 Å². The molecule has 1 N–H and O–H groups in total. The molecule has 3 heterocycles. The number of carbonyl (C=O) groups excluding carboxylic acids is 2. The van der Waals surface area contributed by atoms with E-state index in [1.54, 1.807) is 24.0 Å². The molecule has 0 radical (unpaired) electrons. The van der Waals surface area contributed by atoms with Crippen LogP contribution >= 0.6 is 11.3 Å². The van der Waals surface area contributed by atoms with E-state index >= 15 is 0 Å². The Morgan fingerprint density at radius 2 is 2.00 bits per heavy atom. The fourth-order valence-corrected chi connectivity index (χ4v) is 3.04. The summed E-state index contributed by atoms with van der Waals surface area (Å²) in [6.07, 6.45) is -0.0479. The summed E-state index contributed by atoms with van der Waals surface area (Å²) < 4.78 is 5.83. The molecule has 0 aromatic carbocycles. The Balaban J connectivity index is 1.67. The zero-order valence-corrected chi connectivity index (χ0v) is 14.5. The summed E-state index contributed by atoms with van der Waals surface area (Å²) in [5.41, 5.74) is 1.83. The Bertz CT molecular complexity index is 783. The van der Waals surface area contributed by atoms with Crippen LogP contribution in [0.25, 0.3) is 0 Å². The quantitative estimate of drug-likeness (QED) is 0.915. The highest BCUT2D eigenvalue weighted by molar-refractivity contribution is 7.13. The Morgan fingerprint density at radius 3 is 2.62 bits per heavy atom. The van der Waals surface area contributed by atoms with Gasteiger partial charge in [0.15, 0.2) is 5.13 Å². The van der Waals surface area contributed by atoms with Crippen LogP contribution < -0.4 is 10.1 Å². The number of hydrogen-bond donors (Lipinski definition) is 1. The normalized spacial score (nSPS) is 14.2. The van der Waals surface area contributed by atoms with Crippen molar-refractivity contribution in [2.75, 3.05) is 18.4 Å². The van der Waals surface area contributed by atoms with Crippen LogP contribution in [0.2, 0.25) is 0 Å². The standard InChI is InChI=1S/C16H18N4O3S/c1-9-4-12(23-13-6-20(7-13)11(3)21)5-14(17-9)15(22)19-16-18-10(2)8-24-16/h4-5,8,13H,6-7H2,1-3H3,(H,18,19,22). The van der Waals surface area contributed by atoms with Crippen LogP contribution in [0.1, 0.15) is 28.8 Å². The van der Waals surface area contributed by atoms with E-state index in [-0.39, 0.29) is 23.6 Å². The molecule has 3 rings (SSSR count). The lowest BCUT2D eigenvalue weighted by molar-refractivity contribution is -0.137. The van der Waals surface area contributed by atoms with E-state index in [0.717, 1.165) is 5.69 Å². The molecular weight excluding hydrogens is 328 g/mol. The maximum Gasteiger partial charge on any atom is 0.276 e. The molecule has 0 spiro atoms. The number of hydrogen-bond acceptors (Lipinski definition) is 6. The number of carbonyl (C=O) groups is 2. The molecule has 0 aliphatic carbocycles. The second-order valence-corrected chi connectivity index (χ2v) is 6.60. The number of aryl methyl sites for hydroxylation is 2. The fraction of sp³-hybridized carbons (Fsp3) is 0.375. The molecule has 8 heteroatoms. The minimum Gasteiger partial charge on any atom is -0.487 e. The van der Waals surface area contributed by atoms with Gasteiger partial charge in [-0.3, -0.25) is 14.9 Å². The van der Waals surface area contributed by atoms with Crippen molar-refractivity contribution in [3.05, 3.63) is 34.6 Å². The molecule has 2 amide bonds. The minimum absolute atomic E-state index is 0.0413. The van der Waals surface area contributed by atoms with E-state index in [0.29, 0.717) is 29.7 Å². The van der Waals surface area contributed by atoms with Crippen LogP contribution in [0, 0.1) is 13.8 Å². The zero-order chi connectivity index (χ0) is 17.3. The highest BCUT2D eigenvalue weighted by Gasteiger charge is 2.30. The van der Waals surface area contributed by atoms with Gasteiger partial charge < -0.3 is 9.64 Å². The van der Waals surface area contributed by atoms with Gasteiger partial charge >= 0.3 is 0 Å².